The molecule has 0 aliphatic carbocycles. The first-order chi connectivity index (χ1) is 6.93. The highest BCUT2D eigenvalue weighted by Crippen LogP contribution is 2.24. The number of hydrogen-bond donors (Lipinski definition) is 0. The van der Waals surface area contributed by atoms with Crippen LogP contribution in [0.25, 0.3) is 0 Å². The molecule has 0 aliphatic heterocycles. The van der Waals surface area contributed by atoms with Crippen LogP contribution in [-0.4, -0.2) is 4.98 Å². The van der Waals surface area contributed by atoms with Gasteiger partial charge in [-0.2, -0.15) is 0 Å². The third-order valence-corrected chi connectivity index (χ3v) is 2.60. The minimum Gasteiger partial charge on any atom is -0.445 e. The molecule has 0 radical (unpaired) electrons. The number of oxazole rings is 1. The minimum atomic E-state index is 0.0687. The maximum Gasteiger partial charge on any atom is 0.194 e. The largest absolute Gasteiger partial charge is 0.445 e. The maximum absolute atomic E-state index is 5.75. The van der Waals surface area contributed by atoms with Crippen LogP contribution in [0.5, 0.6) is 0 Å². The lowest BCUT2D eigenvalue weighted by molar-refractivity contribution is 0.361. The lowest BCUT2D eigenvalue weighted by Crippen LogP contribution is -2.09. The summed E-state index contributed by atoms with van der Waals surface area (Å²) in [7, 11) is 0. The number of hydrogen-bond acceptors (Lipinski definition) is 2. The van der Waals surface area contributed by atoms with Gasteiger partial charge in [-0.3, -0.25) is 0 Å². The molecule has 1 atom stereocenters. The molecule has 0 spiro atoms. The van der Waals surface area contributed by atoms with Crippen molar-refractivity contribution >= 4 is 0 Å². The zero-order valence-electron chi connectivity index (χ0n) is 10.6. The van der Waals surface area contributed by atoms with Gasteiger partial charge in [0, 0.05) is 11.8 Å². The fraction of sp³-hybridized carbons (Fsp3) is 0.769. The second-order valence-electron chi connectivity index (χ2n) is 5.47. The van der Waals surface area contributed by atoms with Crippen LogP contribution in [0.1, 0.15) is 59.1 Å². The van der Waals surface area contributed by atoms with Gasteiger partial charge in [-0.05, 0) is 5.92 Å². The highest BCUT2D eigenvalue weighted by Gasteiger charge is 2.19. The zero-order valence-corrected chi connectivity index (χ0v) is 10.6. The van der Waals surface area contributed by atoms with E-state index in [1.165, 1.54) is 12.8 Å². The first kappa shape index (κ1) is 12.3. The van der Waals surface area contributed by atoms with Gasteiger partial charge in [0.05, 0.1) is 6.20 Å². The Labute approximate surface area is 93.1 Å². The molecule has 0 aliphatic rings. The van der Waals surface area contributed by atoms with Crippen molar-refractivity contribution in [3.8, 4) is 0 Å². The van der Waals surface area contributed by atoms with Crippen molar-refractivity contribution in [3.05, 3.63) is 17.8 Å². The molecule has 0 saturated heterocycles. The molecular formula is C13H23NO. The molecule has 0 bridgehead atoms. The van der Waals surface area contributed by atoms with E-state index in [9.17, 15) is 0 Å². The Morgan fingerprint density at radius 3 is 2.53 bits per heavy atom. The van der Waals surface area contributed by atoms with E-state index < -0.39 is 0 Å². The van der Waals surface area contributed by atoms with Crippen LogP contribution in [0.2, 0.25) is 0 Å². The topological polar surface area (TPSA) is 26.0 Å². The summed E-state index contributed by atoms with van der Waals surface area (Å²) in [5.74, 6) is 2.54. The molecule has 0 amide bonds. The fourth-order valence-electron chi connectivity index (χ4n) is 1.64. The predicted molar refractivity (Wildman–Crippen MR) is 63.0 cm³/mol. The average molecular weight is 209 g/mol. The lowest BCUT2D eigenvalue weighted by atomic mass is 9.94. The second kappa shape index (κ2) is 4.82. The van der Waals surface area contributed by atoms with Gasteiger partial charge < -0.3 is 4.42 Å². The summed E-state index contributed by atoms with van der Waals surface area (Å²) in [5.41, 5.74) is 0.0687. The number of nitrogens with zero attached hydrogens (tertiary/aromatic N) is 1. The average Bonchev–Trinajstić information content (AvgIpc) is 2.52. The molecule has 1 aromatic heterocycles. The Hall–Kier alpha value is -0.790. The monoisotopic (exact) mass is 209 g/mol. The van der Waals surface area contributed by atoms with Crippen molar-refractivity contribution in [1.29, 1.82) is 0 Å². The van der Waals surface area contributed by atoms with Crippen molar-refractivity contribution in [2.24, 2.45) is 5.92 Å². The van der Waals surface area contributed by atoms with Crippen molar-refractivity contribution < 1.29 is 4.42 Å². The second-order valence-corrected chi connectivity index (χ2v) is 5.47. The maximum atomic E-state index is 5.75. The number of rotatable bonds is 4. The van der Waals surface area contributed by atoms with E-state index >= 15 is 0 Å². The van der Waals surface area contributed by atoms with E-state index in [0.717, 1.165) is 18.1 Å². The molecule has 2 nitrogen and oxygen atoms in total. The third-order valence-electron chi connectivity index (χ3n) is 2.60. The van der Waals surface area contributed by atoms with Crippen molar-refractivity contribution in [2.45, 2.75) is 59.3 Å². The SMILES string of the molecule is CCCC(C)Cc1ncc(C(C)(C)C)o1. The molecular weight excluding hydrogens is 186 g/mol. The van der Waals surface area contributed by atoms with E-state index in [1.54, 1.807) is 0 Å². The summed E-state index contributed by atoms with van der Waals surface area (Å²) in [6.07, 6.45) is 5.30. The Morgan fingerprint density at radius 2 is 2.07 bits per heavy atom. The molecule has 0 fully saturated rings. The molecule has 0 N–H and O–H groups in total. The molecule has 1 heterocycles. The molecule has 15 heavy (non-hydrogen) atoms. The van der Waals surface area contributed by atoms with Crippen molar-refractivity contribution in [1.82, 2.24) is 4.98 Å². The Balaban J connectivity index is 2.61. The van der Waals surface area contributed by atoms with E-state index in [-0.39, 0.29) is 5.41 Å². The summed E-state index contributed by atoms with van der Waals surface area (Å²) in [6.45, 7) is 10.9. The molecule has 0 saturated carbocycles. The van der Waals surface area contributed by atoms with E-state index in [4.69, 9.17) is 4.42 Å². The van der Waals surface area contributed by atoms with Crippen molar-refractivity contribution in [2.75, 3.05) is 0 Å². The summed E-state index contributed by atoms with van der Waals surface area (Å²) < 4.78 is 5.75. The molecule has 0 aromatic carbocycles. The Kier molecular flexibility index (Phi) is 3.95. The fourth-order valence-corrected chi connectivity index (χ4v) is 1.64. The lowest BCUT2D eigenvalue weighted by Gasteiger charge is -2.13. The zero-order chi connectivity index (χ0) is 11.5. The van der Waals surface area contributed by atoms with Gasteiger partial charge in [0.1, 0.15) is 5.76 Å². The van der Waals surface area contributed by atoms with E-state index in [2.05, 4.69) is 39.6 Å². The van der Waals surface area contributed by atoms with Gasteiger partial charge in [-0.25, -0.2) is 4.98 Å². The van der Waals surface area contributed by atoms with Gasteiger partial charge in [0.2, 0.25) is 0 Å². The predicted octanol–water partition coefficient (Wildman–Crippen LogP) is 3.95. The minimum absolute atomic E-state index is 0.0687. The third kappa shape index (κ3) is 3.69. The van der Waals surface area contributed by atoms with Crippen molar-refractivity contribution in [3.63, 3.8) is 0 Å². The van der Waals surface area contributed by atoms with Crippen LogP contribution in [-0.2, 0) is 11.8 Å². The van der Waals surface area contributed by atoms with Crippen LogP contribution in [0.4, 0.5) is 0 Å². The summed E-state index contributed by atoms with van der Waals surface area (Å²) in [5, 5.41) is 0. The Morgan fingerprint density at radius 1 is 1.40 bits per heavy atom. The normalized spacial score (nSPS) is 14.2. The summed E-state index contributed by atoms with van der Waals surface area (Å²) in [4.78, 5) is 4.34. The first-order valence-corrected chi connectivity index (χ1v) is 5.88. The first-order valence-electron chi connectivity index (χ1n) is 5.88. The van der Waals surface area contributed by atoms with Gasteiger partial charge in [0.25, 0.3) is 0 Å². The highest BCUT2D eigenvalue weighted by molar-refractivity contribution is 5.06. The molecule has 1 aromatic rings. The Bertz CT molecular complexity index is 296. The molecule has 86 valence electrons. The molecule has 1 rings (SSSR count). The van der Waals surface area contributed by atoms with Gasteiger partial charge in [-0.15, -0.1) is 0 Å². The van der Waals surface area contributed by atoms with Gasteiger partial charge in [-0.1, -0.05) is 47.5 Å². The molecule has 2 heteroatoms. The quantitative estimate of drug-likeness (QED) is 0.750. The molecule has 1 unspecified atom stereocenters. The summed E-state index contributed by atoms with van der Waals surface area (Å²) >= 11 is 0. The highest BCUT2D eigenvalue weighted by atomic mass is 16.4. The van der Waals surface area contributed by atoms with Gasteiger partial charge >= 0.3 is 0 Å². The van der Waals surface area contributed by atoms with E-state index in [0.29, 0.717) is 5.92 Å². The summed E-state index contributed by atoms with van der Waals surface area (Å²) in [6, 6.07) is 0. The van der Waals surface area contributed by atoms with Crippen LogP contribution in [0.3, 0.4) is 0 Å². The van der Waals surface area contributed by atoms with Crippen LogP contribution < -0.4 is 0 Å². The number of aromatic nitrogens is 1. The van der Waals surface area contributed by atoms with E-state index in [1.807, 2.05) is 6.20 Å². The van der Waals surface area contributed by atoms with Crippen LogP contribution in [0, 0.1) is 5.92 Å². The van der Waals surface area contributed by atoms with Crippen LogP contribution in [0.15, 0.2) is 10.6 Å². The van der Waals surface area contributed by atoms with Crippen LogP contribution >= 0.6 is 0 Å². The van der Waals surface area contributed by atoms with Gasteiger partial charge in [0.15, 0.2) is 5.89 Å². The smallest absolute Gasteiger partial charge is 0.194 e. The standard InChI is InChI=1S/C13H23NO/c1-6-7-10(2)8-12-14-9-11(15-12)13(3,4)5/h9-10H,6-8H2,1-5H3.